The number of Topliss-reactive ketones (excluding diaryl/α,β-unsaturated/α-hetero) is 3. The minimum absolute atomic E-state index is 0.0713. The van der Waals surface area contributed by atoms with E-state index in [1.165, 1.54) is 6.07 Å². The molecular weight excluding hydrogens is 291 g/mol. The highest BCUT2D eigenvalue weighted by Crippen LogP contribution is 2.23. The lowest BCUT2D eigenvalue weighted by atomic mass is 9.89. The van der Waals surface area contributed by atoms with Gasteiger partial charge in [0, 0.05) is 16.5 Å². The van der Waals surface area contributed by atoms with Gasteiger partial charge in [-0.2, -0.15) is 0 Å². The van der Waals surface area contributed by atoms with Crippen molar-refractivity contribution in [2.45, 2.75) is 6.42 Å². The van der Waals surface area contributed by atoms with E-state index in [1.807, 2.05) is 0 Å². The van der Waals surface area contributed by atoms with Crippen LogP contribution in [0.2, 0.25) is 10.0 Å². The topological polar surface area (TPSA) is 60.4 Å². The molecule has 1 saturated heterocycles. The van der Waals surface area contributed by atoms with Crippen LogP contribution in [0.25, 0.3) is 0 Å². The Bertz CT molecular complexity index is 538. The fourth-order valence-corrected chi connectivity index (χ4v) is 2.39. The van der Waals surface area contributed by atoms with Crippen molar-refractivity contribution < 1.29 is 19.1 Å². The molecule has 0 atom stereocenters. The quantitative estimate of drug-likeness (QED) is 0.800. The Morgan fingerprint density at radius 2 is 1.84 bits per heavy atom. The molecule has 6 heteroatoms. The minimum Gasteiger partial charge on any atom is -0.366 e. The maximum atomic E-state index is 12.0. The Hall–Kier alpha value is -1.23. The van der Waals surface area contributed by atoms with Crippen LogP contribution in [-0.4, -0.2) is 30.6 Å². The molecule has 0 unspecified atom stereocenters. The van der Waals surface area contributed by atoms with Crippen LogP contribution in [0.1, 0.15) is 5.56 Å². The van der Waals surface area contributed by atoms with E-state index < -0.39 is 23.3 Å². The molecular formula is C13H10Cl2O4. The molecule has 0 amide bonds. The molecule has 19 heavy (non-hydrogen) atoms. The van der Waals surface area contributed by atoms with E-state index in [0.717, 1.165) is 0 Å². The average Bonchev–Trinajstić information content (AvgIpc) is 2.32. The normalized spacial score (nSPS) is 16.7. The van der Waals surface area contributed by atoms with Crippen molar-refractivity contribution in [3.05, 3.63) is 33.8 Å². The summed E-state index contributed by atoms with van der Waals surface area (Å²) in [5.41, 5.74) is 0.545. The van der Waals surface area contributed by atoms with Crippen molar-refractivity contribution in [1.29, 1.82) is 0 Å². The van der Waals surface area contributed by atoms with Crippen LogP contribution in [0.3, 0.4) is 0 Å². The summed E-state index contributed by atoms with van der Waals surface area (Å²) in [6.07, 6.45) is -0.0713. The van der Waals surface area contributed by atoms with Gasteiger partial charge in [0.05, 0.1) is 0 Å². The minimum atomic E-state index is -1.22. The Morgan fingerprint density at radius 3 is 2.42 bits per heavy atom. The first-order valence-corrected chi connectivity index (χ1v) is 6.34. The highest BCUT2D eigenvalue weighted by atomic mass is 35.5. The van der Waals surface area contributed by atoms with Gasteiger partial charge < -0.3 is 4.74 Å². The van der Waals surface area contributed by atoms with E-state index in [2.05, 4.69) is 0 Å². The van der Waals surface area contributed by atoms with Gasteiger partial charge in [0.2, 0.25) is 0 Å². The smallest absolute Gasteiger partial charge is 0.176 e. The van der Waals surface area contributed by atoms with Crippen molar-refractivity contribution in [2.75, 3.05) is 13.2 Å². The monoisotopic (exact) mass is 300 g/mol. The van der Waals surface area contributed by atoms with Gasteiger partial charge in [-0.25, -0.2) is 0 Å². The highest BCUT2D eigenvalue weighted by Gasteiger charge is 2.36. The molecule has 1 aromatic rings. The van der Waals surface area contributed by atoms with E-state index in [9.17, 15) is 14.4 Å². The first-order valence-electron chi connectivity index (χ1n) is 5.59. The second kappa shape index (κ2) is 5.82. The number of halogens is 2. The van der Waals surface area contributed by atoms with Gasteiger partial charge >= 0.3 is 0 Å². The number of ether oxygens (including phenoxy) is 1. The fraction of sp³-hybridized carbons (Fsp3) is 0.308. The molecule has 4 nitrogen and oxygen atoms in total. The Morgan fingerprint density at radius 1 is 1.21 bits per heavy atom. The van der Waals surface area contributed by atoms with Crippen LogP contribution in [0.15, 0.2) is 18.2 Å². The first-order chi connectivity index (χ1) is 8.99. The summed E-state index contributed by atoms with van der Waals surface area (Å²) >= 11 is 11.7. The van der Waals surface area contributed by atoms with Crippen LogP contribution in [-0.2, 0) is 25.5 Å². The second-order valence-corrected chi connectivity index (χ2v) is 5.08. The van der Waals surface area contributed by atoms with Gasteiger partial charge in [-0.15, -0.1) is 0 Å². The largest absolute Gasteiger partial charge is 0.366 e. The number of ketones is 3. The van der Waals surface area contributed by atoms with Crippen LogP contribution in [0.5, 0.6) is 0 Å². The third kappa shape index (κ3) is 3.21. The zero-order valence-corrected chi connectivity index (χ0v) is 11.3. The predicted molar refractivity (Wildman–Crippen MR) is 69.5 cm³/mol. The molecule has 2 rings (SSSR count). The summed E-state index contributed by atoms with van der Waals surface area (Å²) in [7, 11) is 0. The summed E-state index contributed by atoms with van der Waals surface area (Å²) < 4.78 is 4.77. The SMILES string of the molecule is O=C1COCC(=O)C1C(=O)Cc1ccc(Cl)cc1Cl. The third-order valence-electron chi connectivity index (χ3n) is 2.83. The summed E-state index contributed by atoms with van der Waals surface area (Å²) in [5, 5.41) is 0.798. The van der Waals surface area contributed by atoms with Crippen molar-refractivity contribution in [3.63, 3.8) is 0 Å². The number of hydrogen-bond acceptors (Lipinski definition) is 4. The highest BCUT2D eigenvalue weighted by molar-refractivity contribution is 6.35. The zero-order chi connectivity index (χ0) is 14.0. The van der Waals surface area contributed by atoms with Gasteiger partial charge in [-0.3, -0.25) is 14.4 Å². The first kappa shape index (κ1) is 14.2. The number of hydrogen-bond donors (Lipinski definition) is 0. The number of carbonyl (C=O) groups excluding carboxylic acids is 3. The summed E-state index contributed by atoms with van der Waals surface area (Å²) in [4.78, 5) is 35.1. The molecule has 0 saturated carbocycles. The van der Waals surface area contributed by atoms with Gasteiger partial charge in [-0.1, -0.05) is 29.3 Å². The van der Waals surface area contributed by atoms with Crippen LogP contribution in [0.4, 0.5) is 0 Å². The third-order valence-corrected chi connectivity index (χ3v) is 3.42. The van der Waals surface area contributed by atoms with E-state index in [1.54, 1.807) is 12.1 Å². The van der Waals surface area contributed by atoms with Gasteiger partial charge in [-0.05, 0) is 17.7 Å². The number of benzene rings is 1. The average molecular weight is 301 g/mol. The molecule has 1 aliphatic rings. The van der Waals surface area contributed by atoms with Gasteiger partial charge in [0.1, 0.15) is 19.1 Å². The molecule has 1 fully saturated rings. The van der Waals surface area contributed by atoms with E-state index in [-0.39, 0.29) is 19.6 Å². The lowest BCUT2D eigenvalue weighted by Crippen LogP contribution is -2.42. The second-order valence-electron chi connectivity index (χ2n) is 4.24. The van der Waals surface area contributed by atoms with Gasteiger partial charge in [0.15, 0.2) is 17.3 Å². The summed E-state index contributed by atoms with van der Waals surface area (Å²) in [6, 6.07) is 4.72. The lowest BCUT2D eigenvalue weighted by Gasteiger charge is -2.18. The number of carbonyl (C=O) groups is 3. The number of rotatable bonds is 3. The maximum Gasteiger partial charge on any atom is 0.176 e. The van der Waals surface area contributed by atoms with Gasteiger partial charge in [0.25, 0.3) is 0 Å². The lowest BCUT2D eigenvalue weighted by molar-refractivity contribution is -0.149. The van der Waals surface area contributed by atoms with Crippen LogP contribution >= 0.6 is 23.2 Å². The van der Waals surface area contributed by atoms with E-state index in [4.69, 9.17) is 27.9 Å². The zero-order valence-electron chi connectivity index (χ0n) is 9.82. The van der Waals surface area contributed by atoms with Crippen molar-refractivity contribution in [2.24, 2.45) is 5.92 Å². The van der Waals surface area contributed by atoms with E-state index >= 15 is 0 Å². The van der Waals surface area contributed by atoms with Crippen molar-refractivity contribution >= 4 is 40.6 Å². The Balaban J connectivity index is 2.16. The standard InChI is InChI=1S/C13H10Cl2O4/c14-8-2-1-7(9(15)4-8)3-10(16)13-11(17)5-19-6-12(13)18/h1-2,4,13H,3,5-6H2. The molecule has 0 radical (unpaired) electrons. The molecule has 1 aliphatic heterocycles. The molecule has 100 valence electrons. The molecule has 0 aromatic heterocycles. The fourth-order valence-electron chi connectivity index (χ4n) is 1.91. The van der Waals surface area contributed by atoms with Crippen LogP contribution < -0.4 is 0 Å². The summed E-state index contributed by atoms with van der Waals surface area (Å²) in [6.45, 7) is -0.396. The Kier molecular flexibility index (Phi) is 4.34. The predicted octanol–water partition coefficient (Wildman–Crippen LogP) is 1.89. The molecule has 0 N–H and O–H groups in total. The van der Waals surface area contributed by atoms with Crippen molar-refractivity contribution in [1.82, 2.24) is 0 Å². The molecule has 0 aliphatic carbocycles. The Labute approximate surface area is 119 Å². The maximum absolute atomic E-state index is 12.0. The molecule has 1 heterocycles. The molecule has 0 spiro atoms. The van der Waals surface area contributed by atoms with Crippen molar-refractivity contribution in [3.8, 4) is 0 Å². The van der Waals surface area contributed by atoms with Crippen LogP contribution in [0, 0.1) is 5.92 Å². The summed E-state index contributed by atoms with van der Waals surface area (Å²) in [5.74, 6) is -2.67. The van der Waals surface area contributed by atoms with E-state index in [0.29, 0.717) is 15.6 Å². The molecule has 0 bridgehead atoms. The molecule has 1 aromatic carbocycles.